The lowest BCUT2D eigenvalue weighted by Gasteiger charge is -2.16. The number of amides is 2. The number of hydrogen-bond donors (Lipinski definition) is 1. The molecule has 6 nitrogen and oxygen atoms in total. The molecule has 1 aliphatic rings. The fourth-order valence-corrected chi connectivity index (χ4v) is 2.88. The van der Waals surface area contributed by atoms with Crippen molar-refractivity contribution in [2.24, 2.45) is 0 Å². The molecule has 2 aromatic carbocycles. The predicted octanol–water partition coefficient (Wildman–Crippen LogP) is 3.65. The van der Waals surface area contributed by atoms with Crippen LogP contribution in [0.5, 0.6) is 0 Å². The molecule has 0 spiro atoms. The summed E-state index contributed by atoms with van der Waals surface area (Å²) in [6.07, 6.45) is 0.417. The smallest absolute Gasteiger partial charge is 0.338 e. The summed E-state index contributed by atoms with van der Waals surface area (Å²) in [6, 6.07) is 13.2. The van der Waals surface area contributed by atoms with Gasteiger partial charge in [-0.1, -0.05) is 11.6 Å². The Balaban J connectivity index is 1.58. The lowest BCUT2D eigenvalue weighted by Crippen LogP contribution is -2.30. The Morgan fingerprint density at radius 2 is 1.78 bits per heavy atom. The minimum atomic E-state index is -0.965. The van der Waals surface area contributed by atoms with Gasteiger partial charge in [0.2, 0.25) is 5.91 Å². The number of carbonyl (C=O) groups is 3. The van der Waals surface area contributed by atoms with Crippen LogP contribution in [0.4, 0.5) is 11.4 Å². The van der Waals surface area contributed by atoms with Crippen LogP contribution in [0.1, 0.15) is 30.1 Å². The van der Waals surface area contributed by atoms with Crippen molar-refractivity contribution in [3.8, 4) is 0 Å². The Labute approximate surface area is 162 Å². The van der Waals surface area contributed by atoms with Crippen molar-refractivity contribution in [1.29, 1.82) is 0 Å². The second-order valence-corrected chi connectivity index (χ2v) is 6.68. The Bertz CT molecular complexity index is 849. The number of benzene rings is 2. The summed E-state index contributed by atoms with van der Waals surface area (Å²) >= 11 is 5.80. The van der Waals surface area contributed by atoms with Crippen molar-refractivity contribution in [2.45, 2.75) is 25.9 Å². The third-order valence-corrected chi connectivity index (χ3v) is 4.50. The van der Waals surface area contributed by atoms with Crippen LogP contribution in [0.25, 0.3) is 0 Å². The molecule has 0 bridgehead atoms. The lowest BCUT2D eigenvalue weighted by molar-refractivity contribution is -0.123. The summed E-state index contributed by atoms with van der Waals surface area (Å²) in [7, 11) is 0. The zero-order valence-electron chi connectivity index (χ0n) is 14.8. The van der Waals surface area contributed by atoms with Gasteiger partial charge in [-0.3, -0.25) is 9.59 Å². The maximum atomic E-state index is 12.3. The highest BCUT2D eigenvalue weighted by atomic mass is 35.5. The predicted molar refractivity (Wildman–Crippen MR) is 103 cm³/mol. The first-order valence-corrected chi connectivity index (χ1v) is 8.99. The molecule has 1 saturated heterocycles. The number of esters is 1. The lowest BCUT2D eigenvalue weighted by atomic mass is 10.2. The van der Waals surface area contributed by atoms with E-state index >= 15 is 0 Å². The van der Waals surface area contributed by atoms with E-state index in [1.165, 1.54) is 6.92 Å². The topological polar surface area (TPSA) is 75.7 Å². The SMILES string of the molecule is C[C@H](OC(=O)c1ccc(N2CCCC2=O)cc1)C(=O)Nc1ccc(Cl)cc1. The second kappa shape index (κ2) is 8.22. The average Bonchev–Trinajstić information content (AvgIpc) is 3.09. The molecule has 1 fully saturated rings. The Morgan fingerprint density at radius 3 is 2.37 bits per heavy atom. The summed E-state index contributed by atoms with van der Waals surface area (Å²) < 4.78 is 5.22. The largest absolute Gasteiger partial charge is 0.449 e. The van der Waals surface area contributed by atoms with E-state index < -0.39 is 18.0 Å². The molecule has 1 N–H and O–H groups in total. The quantitative estimate of drug-likeness (QED) is 0.796. The van der Waals surface area contributed by atoms with Gasteiger partial charge in [0, 0.05) is 29.4 Å². The van der Waals surface area contributed by atoms with Crippen LogP contribution in [0.2, 0.25) is 5.02 Å². The maximum absolute atomic E-state index is 12.3. The molecule has 140 valence electrons. The second-order valence-electron chi connectivity index (χ2n) is 6.24. The Hall–Kier alpha value is -2.86. The van der Waals surface area contributed by atoms with Gasteiger partial charge >= 0.3 is 5.97 Å². The molecule has 1 aliphatic heterocycles. The fraction of sp³-hybridized carbons (Fsp3) is 0.250. The first kappa shape index (κ1) is 18.9. The van der Waals surface area contributed by atoms with Gasteiger partial charge in [0.25, 0.3) is 5.91 Å². The highest BCUT2D eigenvalue weighted by molar-refractivity contribution is 6.30. The van der Waals surface area contributed by atoms with E-state index in [0.717, 1.165) is 12.1 Å². The molecule has 1 heterocycles. The van der Waals surface area contributed by atoms with E-state index in [0.29, 0.717) is 29.2 Å². The molecule has 0 aromatic heterocycles. The van der Waals surface area contributed by atoms with Crippen LogP contribution in [0.3, 0.4) is 0 Å². The first-order chi connectivity index (χ1) is 12.9. The molecule has 2 aromatic rings. The van der Waals surface area contributed by atoms with Crippen LogP contribution in [0, 0.1) is 0 Å². The maximum Gasteiger partial charge on any atom is 0.338 e. The van der Waals surface area contributed by atoms with Crippen LogP contribution in [-0.2, 0) is 14.3 Å². The first-order valence-electron chi connectivity index (χ1n) is 8.62. The third-order valence-electron chi connectivity index (χ3n) is 4.25. The fourth-order valence-electron chi connectivity index (χ4n) is 2.76. The molecule has 27 heavy (non-hydrogen) atoms. The molecule has 0 saturated carbocycles. The molecule has 3 rings (SSSR count). The van der Waals surface area contributed by atoms with E-state index in [-0.39, 0.29) is 5.91 Å². The van der Waals surface area contributed by atoms with Gasteiger partial charge in [0.05, 0.1) is 5.56 Å². The Kier molecular flexibility index (Phi) is 5.76. The van der Waals surface area contributed by atoms with Crippen LogP contribution < -0.4 is 10.2 Å². The number of hydrogen-bond acceptors (Lipinski definition) is 4. The summed E-state index contributed by atoms with van der Waals surface area (Å²) in [5, 5.41) is 3.22. The molecular weight excluding hydrogens is 368 g/mol. The number of halogens is 1. The van der Waals surface area contributed by atoms with Crippen molar-refractivity contribution in [1.82, 2.24) is 0 Å². The van der Waals surface area contributed by atoms with Gasteiger partial charge in [-0.15, -0.1) is 0 Å². The van der Waals surface area contributed by atoms with Crippen LogP contribution >= 0.6 is 11.6 Å². The highest BCUT2D eigenvalue weighted by Crippen LogP contribution is 2.22. The van der Waals surface area contributed by atoms with E-state index in [1.54, 1.807) is 53.4 Å². The van der Waals surface area contributed by atoms with E-state index in [4.69, 9.17) is 16.3 Å². The van der Waals surface area contributed by atoms with Gasteiger partial charge in [0.15, 0.2) is 6.10 Å². The third kappa shape index (κ3) is 4.65. The molecule has 7 heteroatoms. The monoisotopic (exact) mass is 386 g/mol. The van der Waals surface area contributed by atoms with Gasteiger partial charge in [-0.2, -0.15) is 0 Å². The highest BCUT2D eigenvalue weighted by Gasteiger charge is 2.23. The van der Waals surface area contributed by atoms with E-state index in [1.807, 2.05) is 0 Å². The van der Waals surface area contributed by atoms with Crippen molar-refractivity contribution in [2.75, 3.05) is 16.8 Å². The summed E-state index contributed by atoms with van der Waals surface area (Å²) in [5.41, 5.74) is 1.63. The Morgan fingerprint density at radius 1 is 1.11 bits per heavy atom. The number of nitrogens with zero attached hydrogens (tertiary/aromatic N) is 1. The van der Waals surface area contributed by atoms with Gasteiger partial charge < -0.3 is 15.0 Å². The van der Waals surface area contributed by atoms with E-state index in [2.05, 4.69) is 5.32 Å². The van der Waals surface area contributed by atoms with Crippen molar-refractivity contribution < 1.29 is 19.1 Å². The van der Waals surface area contributed by atoms with Crippen LogP contribution in [-0.4, -0.2) is 30.4 Å². The number of rotatable bonds is 5. The normalized spacial score (nSPS) is 14.7. The summed E-state index contributed by atoms with van der Waals surface area (Å²) in [4.78, 5) is 37.9. The van der Waals surface area contributed by atoms with Gasteiger partial charge in [-0.25, -0.2) is 4.79 Å². The zero-order chi connectivity index (χ0) is 19.4. The molecule has 0 aliphatic carbocycles. The standard InChI is InChI=1S/C20H19ClN2O4/c1-13(19(25)22-16-8-6-15(21)7-9-16)27-20(26)14-4-10-17(11-5-14)23-12-2-3-18(23)24/h4-11,13H,2-3,12H2,1H3,(H,22,25)/t13-/m0/s1. The number of ether oxygens (including phenoxy) is 1. The minimum Gasteiger partial charge on any atom is -0.449 e. The minimum absolute atomic E-state index is 0.0813. The van der Waals surface area contributed by atoms with Crippen molar-refractivity contribution in [3.05, 3.63) is 59.1 Å². The van der Waals surface area contributed by atoms with Gasteiger partial charge in [0.1, 0.15) is 0 Å². The van der Waals surface area contributed by atoms with Crippen molar-refractivity contribution in [3.63, 3.8) is 0 Å². The zero-order valence-corrected chi connectivity index (χ0v) is 15.5. The molecule has 0 unspecified atom stereocenters. The van der Waals surface area contributed by atoms with Crippen LogP contribution in [0.15, 0.2) is 48.5 Å². The number of nitrogens with one attached hydrogen (secondary N) is 1. The molecular formula is C20H19ClN2O4. The summed E-state index contributed by atoms with van der Waals surface area (Å²) in [5.74, 6) is -0.962. The molecule has 1 atom stereocenters. The number of anilines is 2. The average molecular weight is 387 g/mol. The number of carbonyl (C=O) groups excluding carboxylic acids is 3. The molecule has 0 radical (unpaired) electrons. The van der Waals surface area contributed by atoms with Crippen molar-refractivity contribution >= 4 is 40.8 Å². The van der Waals surface area contributed by atoms with E-state index in [9.17, 15) is 14.4 Å². The molecule has 2 amide bonds. The van der Waals surface area contributed by atoms with Gasteiger partial charge in [-0.05, 0) is 61.9 Å². The summed E-state index contributed by atoms with van der Waals surface area (Å²) in [6.45, 7) is 2.19.